The third-order valence-corrected chi connectivity index (χ3v) is 2.49. The number of aromatic nitrogens is 1. The molecule has 0 saturated heterocycles. The van der Waals surface area contributed by atoms with Crippen LogP contribution >= 0.6 is 0 Å². The molecule has 1 heterocycles. The summed E-state index contributed by atoms with van der Waals surface area (Å²) in [6, 6.07) is 8.03. The van der Waals surface area contributed by atoms with Crippen molar-refractivity contribution in [2.75, 3.05) is 5.43 Å². The number of nitrogens with zero attached hydrogens (tertiary/aromatic N) is 2. The van der Waals surface area contributed by atoms with Gasteiger partial charge in [0.25, 0.3) is 0 Å². The lowest BCUT2D eigenvalue weighted by molar-refractivity contribution is -0.386. The highest BCUT2D eigenvalue weighted by atomic mass is 16.6. The van der Waals surface area contributed by atoms with Crippen LogP contribution in [-0.2, 0) is 0 Å². The van der Waals surface area contributed by atoms with Gasteiger partial charge in [-0.05, 0) is 19.1 Å². The van der Waals surface area contributed by atoms with Crippen LogP contribution in [0, 0.1) is 17.0 Å². The first kappa shape index (κ1) is 12.8. The number of nitrogen functional groups attached to an aromatic ring is 1. The number of hydrazine groups is 1. The molecule has 1 aromatic carbocycles. The number of nitro benzene ring substituents is 1. The lowest BCUT2D eigenvalue weighted by Gasteiger charge is -2.08. The van der Waals surface area contributed by atoms with Crippen LogP contribution in [0.25, 0.3) is 0 Å². The summed E-state index contributed by atoms with van der Waals surface area (Å²) in [5.74, 6) is 6.24. The van der Waals surface area contributed by atoms with Crippen LogP contribution in [0.15, 0.2) is 36.5 Å². The Balaban J connectivity index is 2.38. The molecule has 0 aliphatic heterocycles. The maximum absolute atomic E-state index is 11.0. The van der Waals surface area contributed by atoms with Crippen molar-refractivity contribution in [3.05, 3.63) is 52.2 Å². The number of nitrogens with two attached hydrogens (primary N) is 1. The van der Waals surface area contributed by atoms with E-state index in [4.69, 9.17) is 10.6 Å². The van der Waals surface area contributed by atoms with Crippen LogP contribution in [-0.4, -0.2) is 9.91 Å². The summed E-state index contributed by atoms with van der Waals surface area (Å²) in [5, 5.41) is 11.0. The zero-order chi connectivity index (χ0) is 13.8. The van der Waals surface area contributed by atoms with Crippen LogP contribution in [0.3, 0.4) is 0 Å². The van der Waals surface area contributed by atoms with Crippen molar-refractivity contribution in [2.24, 2.45) is 5.84 Å². The van der Waals surface area contributed by atoms with Crippen LogP contribution in [0.4, 0.5) is 11.5 Å². The predicted molar refractivity (Wildman–Crippen MR) is 70.0 cm³/mol. The van der Waals surface area contributed by atoms with E-state index in [0.717, 1.165) is 0 Å². The number of ether oxygens (including phenoxy) is 1. The number of aryl methyl sites for hydroxylation is 1. The van der Waals surface area contributed by atoms with E-state index in [9.17, 15) is 10.1 Å². The molecular formula is C12H12N4O3. The van der Waals surface area contributed by atoms with Gasteiger partial charge < -0.3 is 10.2 Å². The van der Waals surface area contributed by atoms with Gasteiger partial charge in [-0.2, -0.15) is 0 Å². The van der Waals surface area contributed by atoms with Gasteiger partial charge in [-0.1, -0.05) is 12.1 Å². The highest BCUT2D eigenvalue weighted by Gasteiger charge is 2.18. The average Bonchev–Trinajstić information content (AvgIpc) is 2.38. The van der Waals surface area contributed by atoms with Crippen molar-refractivity contribution in [1.82, 2.24) is 4.98 Å². The van der Waals surface area contributed by atoms with E-state index in [1.54, 1.807) is 37.3 Å². The second-order valence-corrected chi connectivity index (χ2v) is 3.80. The van der Waals surface area contributed by atoms with Gasteiger partial charge in [0, 0.05) is 17.8 Å². The molecule has 7 heteroatoms. The van der Waals surface area contributed by atoms with Crippen molar-refractivity contribution < 1.29 is 9.66 Å². The molecule has 0 saturated carbocycles. The molecule has 0 bridgehead atoms. The monoisotopic (exact) mass is 260 g/mol. The molecule has 98 valence electrons. The standard InChI is InChI=1S/C12H12N4O3/c1-8-3-2-4-10(12(8)16(17)18)19-9-5-6-14-11(7-9)15-13/h2-7H,13H2,1H3,(H,14,15). The van der Waals surface area contributed by atoms with Crippen molar-refractivity contribution in [2.45, 2.75) is 6.92 Å². The fourth-order valence-electron chi connectivity index (χ4n) is 1.63. The Morgan fingerprint density at radius 1 is 1.42 bits per heavy atom. The van der Waals surface area contributed by atoms with Crippen LogP contribution in [0.2, 0.25) is 0 Å². The zero-order valence-electron chi connectivity index (χ0n) is 10.2. The molecule has 0 aliphatic carbocycles. The van der Waals surface area contributed by atoms with E-state index in [1.165, 1.54) is 6.20 Å². The fraction of sp³-hybridized carbons (Fsp3) is 0.0833. The third-order valence-electron chi connectivity index (χ3n) is 2.49. The van der Waals surface area contributed by atoms with E-state index in [0.29, 0.717) is 17.1 Å². The number of pyridine rings is 1. The lowest BCUT2D eigenvalue weighted by Crippen LogP contribution is -2.08. The van der Waals surface area contributed by atoms with Crippen molar-refractivity contribution >= 4 is 11.5 Å². The predicted octanol–water partition coefficient (Wildman–Crippen LogP) is 2.38. The highest BCUT2D eigenvalue weighted by Crippen LogP contribution is 2.34. The van der Waals surface area contributed by atoms with E-state index < -0.39 is 4.92 Å². The second kappa shape index (κ2) is 5.32. The number of rotatable bonds is 4. The number of hydrogen-bond acceptors (Lipinski definition) is 6. The van der Waals surface area contributed by atoms with Gasteiger partial charge in [0.1, 0.15) is 11.6 Å². The summed E-state index contributed by atoms with van der Waals surface area (Å²) in [6.45, 7) is 1.66. The Morgan fingerprint density at radius 3 is 2.89 bits per heavy atom. The molecule has 0 radical (unpaired) electrons. The number of para-hydroxylation sites is 1. The number of nitro groups is 1. The SMILES string of the molecule is Cc1cccc(Oc2ccnc(NN)c2)c1[N+](=O)[O-]. The first-order valence-corrected chi connectivity index (χ1v) is 5.46. The molecule has 0 aliphatic rings. The Kier molecular flexibility index (Phi) is 3.58. The van der Waals surface area contributed by atoms with Gasteiger partial charge in [0.15, 0.2) is 0 Å². The maximum Gasteiger partial charge on any atom is 0.314 e. The minimum absolute atomic E-state index is 0.0541. The summed E-state index contributed by atoms with van der Waals surface area (Å²) >= 11 is 0. The van der Waals surface area contributed by atoms with Crippen LogP contribution in [0.5, 0.6) is 11.5 Å². The molecule has 0 atom stereocenters. The average molecular weight is 260 g/mol. The first-order chi connectivity index (χ1) is 9.11. The molecule has 1 aromatic heterocycles. The molecule has 0 amide bonds. The molecule has 0 fully saturated rings. The number of hydrogen-bond donors (Lipinski definition) is 2. The van der Waals surface area contributed by atoms with Gasteiger partial charge in [0.2, 0.25) is 5.75 Å². The molecule has 2 aromatic rings. The largest absolute Gasteiger partial charge is 0.450 e. The van der Waals surface area contributed by atoms with E-state index in [2.05, 4.69) is 10.4 Å². The number of nitrogens with one attached hydrogen (secondary N) is 1. The topological polar surface area (TPSA) is 103 Å². The molecular weight excluding hydrogens is 248 g/mol. The molecule has 7 nitrogen and oxygen atoms in total. The molecule has 19 heavy (non-hydrogen) atoms. The lowest BCUT2D eigenvalue weighted by atomic mass is 10.2. The van der Waals surface area contributed by atoms with Crippen LogP contribution in [0.1, 0.15) is 5.56 Å². The molecule has 0 unspecified atom stereocenters. The first-order valence-electron chi connectivity index (χ1n) is 5.46. The summed E-state index contributed by atoms with van der Waals surface area (Å²) in [7, 11) is 0. The van der Waals surface area contributed by atoms with E-state index in [-0.39, 0.29) is 11.4 Å². The Labute approximate surface area is 109 Å². The minimum atomic E-state index is -0.464. The van der Waals surface area contributed by atoms with Gasteiger partial charge >= 0.3 is 5.69 Å². The van der Waals surface area contributed by atoms with E-state index in [1.807, 2.05) is 0 Å². The Morgan fingerprint density at radius 2 is 2.21 bits per heavy atom. The zero-order valence-corrected chi connectivity index (χ0v) is 10.2. The van der Waals surface area contributed by atoms with E-state index >= 15 is 0 Å². The van der Waals surface area contributed by atoms with Gasteiger partial charge in [-0.3, -0.25) is 10.1 Å². The highest BCUT2D eigenvalue weighted by molar-refractivity contribution is 5.54. The van der Waals surface area contributed by atoms with Gasteiger partial charge in [-0.25, -0.2) is 10.8 Å². The van der Waals surface area contributed by atoms with Crippen molar-refractivity contribution in [1.29, 1.82) is 0 Å². The summed E-state index contributed by atoms with van der Waals surface area (Å²) < 4.78 is 5.52. The second-order valence-electron chi connectivity index (χ2n) is 3.80. The van der Waals surface area contributed by atoms with Crippen molar-refractivity contribution in [3.8, 4) is 11.5 Å². The summed E-state index contributed by atoms with van der Waals surface area (Å²) in [4.78, 5) is 14.5. The van der Waals surface area contributed by atoms with Crippen molar-refractivity contribution in [3.63, 3.8) is 0 Å². The Bertz CT molecular complexity index is 616. The van der Waals surface area contributed by atoms with Crippen LogP contribution < -0.4 is 16.0 Å². The fourth-order valence-corrected chi connectivity index (χ4v) is 1.63. The quantitative estimate of drug-likeness (QED) is 0.497. The smallest absolute Gasteiger partial charge is 0.314 e. The summed E-state index contributed by atoms with van der Waals surface area (Å²) in [5.41, 5.74) is 2.86. The van der Waals surface area contributed by atoms with Gasteiger partial charge in [0.05, 0.1) is 4.92 Å². The Hall–Kier alpha value is -2.67. The normalized spacial score (nSPS) is 10.0. The van der Waals surface area contributed by atoms with Gasteiger partial charge in [-0.15, -0.1) is 0 Å². The summed E-state index contributed by atoms with van der Waals surface area (Å²) in [6.07, 6.45) is 1.49. The molecule has 3 N–H and O–H groups in total. The molecule has 0 spiro atoms. The molecule has 2 rings (SSSR count). The maximum atomic E-state index is 11.0. The minimum Gasteiger partial charge on any atom is -0.450 e. The number of benzene rings is 1. The third kappa shape index (κ3) is 2.78. The number of anilines is 1.